The van der Waals surface area contributed by atoms with Crippen LogP contribution in [0.2, 0.25) is 0 Å². The van der Waals surface area contributed by atoms with E-state index in [1.54, 1.807) is 30.3 Å². The maximum atomic E-state index is 15.1. The maximum absolute atomic E-state index is 15.1. The summed E-state index contributed by atoms with van der Waals surface area (Å²) in [5, 5.41) is 3.82. The highest BCUT2D eigenvalue weighted by Crippen LogP contribution is 2.35. The van der Waals surface area contributed by atoms with Crippen LogP contribution in [0.3, 0.4) is 0 Å². The van der Waals surface area contributed by atoms with E-state index in [-0.39, 0.29) is 30.0 Å². The standard InChI is InChI=1S/C53H55F2N7O4/c1-5-23-59(50(63)31-40-19-17-39(18-20-40)12-11-24-58-25-27-66-28-26-58)34-41-21-22-46(48(30-41)51(64)60-35-43-14-10-9-13-42(43)29-37(60)2)49-32-47(38(3)57(49)4)52(65)62(44-15-7-6-8-16-44)45-33-56-61(36-45)53(54)55/h6-10,13-22,30,32-33,36-37,53H,5,23-29,31,34-35H2,1-4H3. The van der Waals surface area contributed by atoms with Crippen molar-refractivity contribution in [1.82, 2.24) is 29.0 Å². The van der Waals surface area contributed by atoms with Gasteiger partial charge in [0.25, 0.3) is 11.8 Å². The van der Waals surface area contributed by atoms with E-state index in [1.165, 1.54) is 16.7 Å². The van der Waals surface area contributed by atoms with Gasteiger partial charge in [0.2, 0.25) is 5.91 Å². The van der Waals surface area contributed by atoms with E-state index < -0.39 is 12.5 Å². The lowest BCUT2D eigenvalue weighted by Gasteiger charge is -2.35. The molecule has 11 nitrogen and oxygen atoms in total. The van der Waals surface area contributed by atoms with Crippen molar-refractivity contribution in [2.45, 2.75) is 65.7 Å². The maximum Gasteiger partial charge on any atom is 0.333 e. The van der Waals surface area contributed by atoms with Gasteiger partial charge >= 0.3 is 6.55 Å². The third-order valence-electron chi connectivity index (χ3n) is 12.6. The van der Waals surface area contributed by atoms with Crippen molar-refractivity contribution in [3.63, 3.8) is 0 Å². The van der Waals surface area contributed by atoms with Crippen LogP contribution in [0.15, 0.2) is 116 Å². The van der Waals surface area contributed by atoms with Gasteiger partial charge in [-0.1, -0.05) is 85.5 Å². The molecule has 340 valence electrons. The van der Waals surface area contributed by atoms with E-state index in [1.807, 2.05) is 95.9 Å². The average molecular weight is 892 g/mol. The van der Waals surface area contributed by atoms with Gasteiger partial charge in [-0.3, -0.25) is 24.2 Å². The summed E-state index contributed by atoms with van der Waals surface area (Å²) in [7, 11) is 1.84. The Kier molecular flexibility index (Phi) is 14.2. The molecule has 0 bridgehead atoms. The number of rotatable bonds is 13. The monoisotopic (exact) mass is 891 g/mol. The Balaban J connectivity index is 1.10. The molecule has 0 aliphatic carbocycles. The van der Waals surface area contributed by atoms with Crippen molar-refractivity contribution >= 4 is 29.1 Å². The molecule has 8 rings (SSSR count). The van der Waals surface area contributed by atoms with Gasteiger partial charge in [-0.2, -0.15) is 13.9 Å². The largest absolute Gasteiger partial charge is 0.379 e. The smallest absolute Gasteiger partial charge is 0.333 e. The molecule has 1 unspecified atom stereocenters. The van der Waals surface area contributed by atoms with Gasteiger partial charge < -0.3 is 19.1 Å². The van der Waals surface area contributed by atoms with Crippen molar-refractivity contribution in [3.05, 3.63) is 160 Å². The number of aromatic nitrogens is 3. The van der Waals surface area contributed by atoms with Gasteiger partial charge in [0.15, 0.2) is 0 Å². The molecule has 4 heterocycles. The van der Waals surface area contributed by atoms with E-state index in [0.29, 0.717) is 71.0 Å². The molecular weight excluding hydrogens is 837 g/mol. The molecule has 3 amide bonds. The highest BCUT2D eigenvalue weighted by Gasteiger charge is 2.32. The molecule has 1 saturated heterocycles. The first kappa shape index (κ1) is 45.7. The number of morpholine rings is 1. The number of alkyl halides is 2. The molecule has 2 aromatic heterocycles. The zero-order valence-electron chi connectivity index (χ0n) is 37.9. The van der Waals surface area contributed by atoms with Crippen LogP contribution in [0.5, 0.6) is 0 Å². The number of ether oxygens (including phenoxy) is 1. The minimum Gasteiger partial charge on any atom is -0.379 e. The molecule has 0 radical (unpaired) electrons. The fourth-order valence-corrected chi connectivity index (χ4v) is 8.79. The molecule has 2 aliphatic rings. The quantitative estimate of drug-likeness (QED) is 0.108. The topological polar surface area (TPSA) is 96.2 Å². The Morgan fingerprint density at radius 1 is 0.879 bits per heavy atom. The second-order valence-corrected chi connectivity index (χ2v) is 17.0. The van der Waals surface area contributed by atoms with Crippen molar-refractivity contribution in [2.75, 3.05) is 44.3 Å². The summed E-state index contributed by atoms with van der Waals surface area (Å²) in [6.07, 6.45) is 4.07. The van der Waals surface area contributed by atoms with Gasteiger partial charge in [0.05, 0.1) is 49.8 Å². The van der Waals surface area contributed by atoms with Crippen LogP contribution in [0, 0.1) is 18.8 Å². The van der Waals surface area contributed by atoms with Gasteiger partial charge in [0, 0.05) is 79.6 Å². The predicted octanol–water partition coefficient (Wildman–Crippen LogP) is 8.82. The normalized spacial score (nSPS) is 15.0. The summed E-state index contributed by atoms with van der Waals surface area (Å²) >= 11 is 0. The molecule has 0 N–H and O–H groups in total. The van der Waals surface area contributed by atoms with Crippen LogP contribution in [-0.2, 0) is 42.5 Å². The number of carbonyl (C=O) groups excluding carboxylic acids is 3. The van der Waals surface area contributed by atoms with Crippen LogP contribution >= 0.6 is 0 Å². The number of carbonyl (C=O) groups is 3. The second-order valence-electron chi connectivity index (χ2n) is 17.0. The zero-order valence-corrected chi connectivity index (χ0v) is 37.9. The van der Waals surface area contributed by atoms with Crippen LogP contribution < -0.4 is 4.90 Å². The molecule has 4 aromatic carbocycles. The van der Waals surface area contributed by atoms with Gasteiger partial charge in [-0.05, 0) is 85.3 Å². The van der Waals surface area contributed by atoms with Gasteiger partial charge in [-0.25, -0.2) is 4.68 Å². The fourth-order valence-electron chi connectivity index (χ4n) is 8.79. The van der Waals surface area contributed by atoms with Crippen LogP contribution in [0.1, 0.15) is 81.0 Å². The molecular formula is C53H55F2N7O4. The fraction of sp³-hybridized carbons (Fsp3) is 0.321. The second kappa shape index (κ2) is 20.5. The summed E-state index contributed by atoms with van der Waals surface area (Å²) in [6, 6.07) is 32.2. The lowest BCUT2D eigenvalue weighted by Crippen LogP contribution is -2.42. The Morgan fingerprint density at radius 2 is 1.59 bits per heavy atom. The summed E-state index contributed by atoms with van der Waals surface area (Å²) in [6.45, 7) is 8.23. The van der Waals surface area contributed by atoms with E-state index in [9.17, 15) is 18.4 Å². The number of amides is 3. The molecule has 1 atom stereocenters. The first-order valence-corrected chi connectivity index (χ1v) is 22.5. The highest BCUT2D eigenvalue weighted by atomic mass is 19.3. The highest BCUT2D eigenvalue weighted by molar-refractivity contribution is 6.12. The number of hydrogen-bond acceptors (Lipinski definition) is 6. The lowest BCUT2D eigenvalue weighted by molar-refractivity contribution is -0.131. The first-order chi connectivity index (χ1) is 32.0. The third kappa shape index (κ3) is 10.2. The molecule has 1 fully saturated rings. The number of para-hydroxylation sites is 1. The van der Waals surface area contributed by atoms with Crippen molar-refractivity contribution in [3.8, 4) is 23.1 Å². The minimum absolute atomic E-state index is 0.0236. The summed E-state index contributed by atoms with van der Waals surface area (Å²) in [5.41, 5.74) is 8.21. The van der Waals surface area contributed by atoms with Crippen molar-refractivity contribution < 1.29 is 27.9 Å². The number of halogens is 2. The Labute approximate surface area is 385 Å². The Morgan fingerprint density at radius 3 is 2.30 bits per heavy atom. The molecule has 0 spiro atoms. The first-order valence-electron chi connectivity index (χ1n) is 22.5. The van der Waals surface area contributed by atoms with E-state index >= 15 is 4.79 Å². The molecule has 6 aromatic rings. The number of hydrogen-bond donors (Lipinski definition) is 0. The van der Waals surface area contributed by atoms with Crippen molar-refractivity contribution in [2.24, 2.45) is 7.05 Å². The number of anilines is 2. The summed E-state index contributed by atoms with van der Waals surface area (Å²) < 4.78 is 35.2. The number of nitrogens with zero attached hydrogens (tertiary/aromatic N) is 7. The Bertz CT molecular complexity index is 2750. The van der Waals surface area contributed by atoms with E-state index in [2.05, 4.69) is 40.9 Å². The molecule has 66 heavy (non-hydrogen) atoms. The summed E-state index contributed by atoms with van der Waals surface area (Å²) in [4.78, 5) is 51.2. The van der Waals surface area contributed by atoms with Crippen LogP contribution in [0.25, 0.3) is 11.3 Å². The molecule has 0 saturated carbocycles. The SMILES string of the molecule is CCCN(Cc1ccc(-c2cc(C(=O)N(c3ccccc3)c3cnn(C(F)F)c3)c(C)n2C)c(C(=O)N2Cc3ccccc3CC2C)c1)C(=O)Cc1ccc(C#CCN2CCOCC2)cc1. The predicted molar refractivity (Wildman–Crippen MR) is 251 cm³/mol. The molecule has 13 heteroatoms. The van der Waals surface area contributed by atoms with E-state index in [4.69, 9.17) is 4.74 Å². The minimum atomic E-state index is -2.88. The molecule has 2 aliphatic heterocycles. The van der Waals surface area contributed by atoms with Crippen LogP contribution in [0.4, 0.5) is 20.2 Å². The zero-order chi connectivity index (χ0) is 46.3. The van der Waals surface area contributed by atoms with Crippen LogP contribution in [-0.4, -0.2) is 92.2 Å². The Hall–Kier alpha value is -6.88. The average Bonchev–Trinajstić information content (AvgIpc) is 3.94. The van der Waals surface area contributed by atoms with Gasteiger partial charge in [-0.15, -0.1) is 0 Å². The van der Waals surface area contributed by atoms with E-state index in [0.717, 1.165) is 61.2 Å². The number of benzene rings is 4. The third-order valence-corrected chi connectivity index (χ3v) is 12.6. The summed E-state index contributed by atoms with van der Waals surface area (Å²) in [5.74, 6) is 5.87. The van der Waals surface area contributed by atoms with Gasteiger partial charge in [0.1, 0.15) is 0 Å². The number of fused-ring (bicyclic) bond motifs is 1. The lowest BCUT2D eigenvalue weighted by atomic mass is 9.93. The van der Waals surface area contributed by atoms with Crippen molar-refractivity contribution in [1.29, 1.82) is 0 Å².